The van der Waals surface area contributed by atoms with Gasteiger partial charge in [0.15, 0.2) is 0 Å². The van der Waals surface area contributed by atoms with E-state index in [2.05, 4.69) is 40.0 Å². The van der Waals surface area contributed by atoms with Crippen molar-refractivity contribution in [1.82, 2.24) is 10.4 Å². The normalized spacial score (nSPS) is 12.4. The molecular formula is C26H36N2O2. The highest BCUT2D eigenvalue weighted by Crippen LogP contribution is 2.28. The molecule has 0 aliphatic heterocycles. The minimum absolute atomic E-state index is 0.129. The third-order valence-electron chi connectivity index (χ3n) is 5.41. The first-order valence-electron chi connectivity index (χ1n) is 10.9. The van der Waals surface area contributed by atoms with Crippen LogP contribution in [0.25, 0.3) is 0 Å². The molecule has 4 nitrogen and oxygen atoms in total. The van der Waals surface area contributed by atoms with E-state index in [1.54, 1.807) is 5.01 Å². The van der Waals surface area contributed by atoms with Gasteiger partial charge in [-0.05, 0) is 61.9 Å². The molecule has 0 saturated heterocycles. The van der Waals surface area contributed by atoms with Crippen molar-refractivity contribution in [1.29, 1.82) is 0 Å². The first kappa shape index (κ1) is 23.7. The van der Waals surface area contributed by atoms with Crippen molar-refractivity contribution in [3.05, 3.63) is 70.3 Å². The summed E-state index contributed by atoms with van der Waals surface area (Å²) in [6, 6.07) is 13.3. The van der Waals surface area contributed by atoms with Crippen LogP contribution >= 0.6 is 0 Å². The zero-order valence-corrected chi connectivity index (χ0v) is 19.5. The number of hydrogen-bond acceptors (Lipinski definition) is 2. The van der Waals surface area contributed by atoms with E-state index in [-0.39, 0.29) is 23.3 Å². The van der Waals surface area contributed by atoms with Crippen molar-refractivity contribution in [2.45, 2.75) is 73.8 Å². The lowest BCUT2D eigenvalue weighted by Gasteiger charge is -2.40. The van der Waals surface area contributed by atoms with Crippen molar-refractivity contribution in [2.24, 2.45) is 5.41 Å². The van der Waals surface area contributed by atoms with Crippen molar-refractivity contribution in [3.8, 4) is 0 Å². The summed E-state index contributed by atoms with van der Waals surface area (Å²) in [6.45, 7) is 14.4. The molecule has 2 aromatic carbocycles. The Bertz CT molecular complexity index is 859. The number of nitrogens with one attached hydrogen (secondary N) is 1. The SMILES string of the molecule is CCC[C@@H](N(NC(=O)c1cc(C)cc(C)c1)C(=O)c1ccc(CC)cc1)C(C)(C)C. The number of hydrazine groups is 1. The summed E-state index contributed by atoms with van der Waals surface area (Å²) < 4.78 is 0. The smallest absolute Gasteiger partial charge is 0.267 e. The Morgan fingerprint density at radius 2 is 1.50 bits per heavy atom. The fraction of sp³-hybridized carbons (Fsp3) is 0.462. The van der Waals surface area contributed by atoms with E-state index in [9.17, 15) is 9.59 Å². The number of carbonyl (C=O) groups excluding carboxylic acids is 2. The molecule has 0 spiro atoms. The Morgan fingerprint density at radius 3 is 1.97 bits per heavy atom. The molecule has 0 aliphatic carbocycles. The first-order valence-corrected chi connectivity index (χ1v) is 10.9. The molecule has 1 atom stereocenters. The molecule has 1 N–H and O–H groups in total. The lowest BCUT2D eigenvalue weighted by molar-refractivity contribution is 0.0271. The van der Waals surface area contributed by atoms with Crippen molar-refractivity contribution < 1.29 is 9.59 Å². The Hall–Kier alpha value is -2.62. The fourth-order valence-corrected chi connectivity index (χ4v) is 3.79. The average molecular weight is 409 g/mol. The van der Waals surface area contributed by atoms with E-state index in [0.717, 1.165) is 30.4 Å². The molecule has 162 valence electrons. The van der Waals surface area contributed by atoms with Crippen molar-refractivity contribution in [2.75, 3.05) is 0 Å². The predicted molar refractivity (Wildman–Crippen MR) is 124 cm³/mol. The van der Waals surface area contributed by atoms with Crippen LogP contribution < -0.4 is 5.43 Å². The molecule has 0 saturated carbocycles. The molecular weight excluding hydrogens is 372 g/mol. The van der Waals surface area contributed by atoms with Crippen LogP contribution in [-0.4, -0.2) is 22.9 Å². The molecule has 0 aliphatic rings. The molecule has 2 rings (SSSR count). The van der Waals surface area contributed by atoms with Crippen LogP contribution in [0.15, 0.2) is 42.5 Å². The van der Waals surface area contributed by atoms with Gasteiger partial charge in [0, 0.05) is 11.1 Å². The predicted octanol–water partition coefficient (Wildman–Crippen LogP) is 5.87. The lowest BCUT2D eigenvalue weighted by atomic mass is 9.83. The second-order valence-electron chi connectivity index (χ2n) is 9.21. The highest BCUT2D eigenvalue weighted by atomic mass is 16.2. The fourth-order valence-electron chi connectivity index (χ4n) is 3.79. The van der Waals surface area contributed by atoms with Crippen LogP contribution in [-0.2, 0) is 6.42 Å². The molecule has 0 radical (unpaired) electrons. The summed E-state index contributed by atoms with van der Waals surface area (Å²) in [5, 5.41) is 1.56. The largest absolute Gasteiger partial charge is 0.272 e. The summed E-state index contributed by atoms with van der Waals surface area (Å²) in [4.78, 5) is 26.6. The number of carbonyl (C=O) groups is 2. The van der Waals surface area contributed by atoms with Gasteiger partial charge in [-0.1, -0.05) is 70.4 Å². The number of benzene rings is 2. The van der Waals surface area contributed by atoms with E-state index in [1.807, 2.05) is 56.3 Å². The summed E-state index contributed by atoms with van der Waals surface area (Å²) in [5.41, 5.74) is 7.13. The van der Waals surface area contributed by atoms with Crippen LogP contribution in [0.3, 0.4) is 0 Å². The maximum Gasteiger partial charge on any atom is 0.272 e. The second-order valence-corrected chi connectivity index (χ2v) is 9.21. The molecule has 0 bridgehead atoms. The van der Waals surface area contributed by atoms with Gasteiger partial charge in [-0.2, -0.15) is 0 Å². The number of hydrogen-bond donors (Lipinski definition) is 1. The molecule has 0 aromatic heterocycles. The quantitative estimate of drug-likeness (QED) is 0.608. The topological polar surface area (TPSA) is 49.4 Å². The van der Waals surface area contributed by atoms with Gasteiger partial charge in [0.2, 0.25) is 0 Å². The second kappa shape index (κ2) is 9.92. The molecule has 0 heterocycles. The minimum atomic E-state index is -0.259. The van der Waals surface area contributed by atoms with Gasteiger partial charge in [0.25, 0.3) is 11.8 Å². The standard InChI is InChI=1S/C26H36N2O2/c1-8-10-23(26(5,6)7)28(25(30)21-13-11-20(9-2)12-14-21)27-24(29)22-16-18(3)15-19(4)17-22/h11-17,23H,8-10H2,1-7H3,(H,27,29)/t23-/m1/s1. The van der Waals surface area contributed by atoms with Gasteiger partial charge >= 0.3 is 0 Å². The maximum absolute atomic E-state index is 13.5. The van der Waals surface area contributed by atoms with Crippen LogP contribution in [0.1, 0.15) is 84.9 Å². The van der Waals surface area contributed by atoms with Gasteiger partial charge in [-0.15, -0.1) is 0 Å². The van der Waals surface area contributed by atoms with E-state index < -0.39 is 0 Å². The van der Waals surface area contributed by atoms with Crippen molar-refractivity contribution >= 4 is 11.8 Å². The summed E-state index contributed by atoms with van der Waals surface area (Å²) in [7, 11) is 0. The van der Waals surface area contributed by atoms with Crippen LogP contribution in [0.5, 0.6) is 0 Å². The number of nitrogens with zero attached hydrogens (tertiary/aromatic N) is 1. The number of aryl methyl sites for hydroxylation is 3. The average Bonchev–Trinajstić information content (AvgIpc) is 2.68. The number of rotatable bonds is 6. The van der Waals surface area contributed by atoms with Gasteiger partial charge < -0.3 is 0 Å². The Balaban J connectivity index is 2.43. The lowest BCUT2D eigenvalue weighted by Crippen LogP contribution is -2.56. The van der Waals surface area contributed by atoms with Crippen molar-refractivity contribution in [3.63, 3.8) is 0 Å². The Morgan fingerprint density at radius 1 is 0.933 bits per heavy atom. The molecule has 2 amide bonds. The Kier molecular flexibility index (Phi) is 7.83. The third-order valence-corrected chi connectivity index (χ3v) is 5.41. The molecule has 0 fully saturated rings. The monoisotopic (exact) mass is 408 g/mol. The van der Waals surface area contributed by atoms with E-state index in [4.69, 9.17) is 0 Å². The Labute approximate surface area is 181 Å². The maximum atomic E-state index is 13.5. The first-order chi connectivity index (χ1) is 14.1. The minimum Gasteiger partial charge on any atom is -0.267 e. The summed E-state index contributed by atoms with van der Waals surface area (Å²) >= 11 is 0. The molecule has 4 heteroatoms. The van der Waals surface area contributed by atoms with Gasteiger partial charge in [0.1, 0.15) is 0 Å². The van der Waals surface area contributed by atoms with E-state index in [0.29, 0.717) is 11.1 Å². The molecule has 2 aromatic rings. The van der Waals surface area contributed by atoms with Crippen LogP contribution in [0, 0.1) is 19.3 Å². The van der Waals surface area contributed by atoms with Crippen LogP contribution in [0.2, 0.25) is 0 Å². The van der Waals surface area contributed by atoms with Gasteiger partial charge in [0.05, 0.1) is 6.04 Å². The third kappa shape index (κ3) is 5.94. The summed E-state index contributed by atoms with van der Waals surface area (Å²) in [5.74, 6) is -0.436. The zero-order chi connectivity index (χ0) is 22.5. The summed E-state index contributed by atoms with van der Waals surface area (Å²) in [6.07, 6.45) is 2.64. The highest BCUT2D eigenvalue weighted by Gasteiger charge is 2.34. The molecule has 0 unspecified atom stereocenters. The van der Waals surface area contributed by atoms with Gasteiger partial charge in [-0.3, -0.25) is 15.0 Å². The van der Waals surface area contributed by atoms with Crippen LogP contribution in [0.4, 0.5) is 0 Å². The number of amides is 2. The highest BCUT2D eigenvalue weighted by molar-refractivity contribution is 5.99. The van der Waals surface area contributed by atoms with Gasteiger partial charge in [-0.25, -0.2) is 5.01 Å². The van der Waals surface area contributed by atoms with E-state index in [1.165, 1.54) is 5.56 Å². The molecule has 30 heavy (non-hydrogen) atoms. The van der Waals surface area contributed by atoms with E-state index >= 15 is 0 Å². The zero-order valence-electron chi connectivity index (χ0n) is 19.5.